The van der Waals surface area contributed by atoms with E-state index in [1.807, 2.05) is 48.2 Å². The van der Waals surface area contributed by atoms with Crippen LogP contribution in [0.3, 0.4) is 0 Å². The molecule has 1 atom stereocenters. The van der Waals surface area contributed by atoms with Crippen LogP contribution in [0.15, 0.2) is 42.6 Å². The molecule has 1 saturated carbocycles. The summed E-state index contributed by atoms with van der Waals surface area (Å²) < 4.78 is 5.26. The van der Waals surface area contributed by atoms with Crippen LogP contribution >= 0.6 is 0 Å². The van der Waals surface area contributed by atoms with Crippen LogP contribution in [0.2, 0.25) is 0 Å². The minimum absolute atomic E-state index is 0.0593. The monoisotopic (exact) mass is 407 g/mol. The molecular weight excluding hydrogens is 378 g/mol. The average molecular weight is 408 g/mol. The van der Waals surface area contributed by atoms with Gasteiger partial charge in [-0.25, -0.2) is 4.98 Å². The summed E-state index contributed by atoms with van der Waals surface area (Å²) in [5.74, 6) is 1.24. The molecule has 1 saturated heterocycles. The van der Waals surface area contributed by atoms with Gasteiger partial charge < -0.3 is 15.0 Å². The first-order valence-electron chi connectivity index (χ1n) is 10.7. The summed E-state index contributed by atoms with van der Waals surface area (Å²) in [4.78, 5) is 32.5. The van der Waals surface area contributed by atoms with Gasteiger partial charge in [-0.1, -0.05) is 24.6 Å². The number of hydrogen-bond donors (Lipinski definition) is 1. The number of carbonyl (C=O) groups is 2. The zero-order valence-corrected chi connectivity index (χ0v) is 17.7. The van der Waals surface area contributed by atoms with Gasteiger partial charge in [0.25, 0.3) is 0 Å². The van der Waals surface area contributed by atoms with Gasteiger partial charge in [0.15, 0.2) is 0 Å². The Morgan fingerprint density at radius 3 is 2.50 bits per heavy atom. The van der Waals surface area contributed by atoms with Crippen molar-refractivity contribution in [3.8, 4) is 5.75 Å². The number of aromatic nitrogens is 1. The molecule has 6 heteroatoms. The van der Waals surface area contributed by atoms with Crippen molar-refractivity contribution in [3.05, 3.63) is 53.7 Å². The van der Waals surface area contributed by atoms with Crippen LogP contribution in [-0.4, -0.2) is 41.9 Å². The number of benzene rings is 1. The summed E-state index contributed by atoms with van der Waals surface area (Å²) in [5, 5.41) is 2.91. The number of piperidine rings is 1. The van der Waals surface area contributed by atoms with Gasteiger partial charge in [-0.3, -0.25) is 9.59 Å². The molecule has 2 amide bonds. The predicted octanol–water partition coefficient (Wildman–Crippen LogP) is 3.70. The van der Waals surface area contributed by atoms with Gasteiger partial charge in [0, 0.05) is 19.3 Å². The number of ether oxygens (including phenoxy) is 1. The Morgan fingerprint density at radius 2 is 1.90 bits per heavy atom. The predicted molar refractivity (Wildman–Crippen MR) is 115 cm³/mol. The SMILES string of the molecule is COc1ccc(C2(C(=O)N3CCCC(C(=O)Nc4ccc(C)cn4)C3)CCC2)cc1. The van der Waals surface area contributed by atoms with Gasteiger partial charge in [-0.05, 0) is 61.9 Å². The van der Waals surface area contributed by atoms with E-state index in [1.165, 1.54) is 0 Å². The number of nitrogens with one attached hydrogen (secondary N) is 1. The minimum Gasteiger partial charge on any atom is -0.497 e. The van der Waals surface area contributed by atoms with E-state index >= 15 is 0 Å². The van der Waals surface area contributed by atoms with Crippen molar-refractivity contribution in [2.45, 2.75) is 44.4 Å². The summed E-state index contributed by atoms with van der Waals surface area (Å²) in [7, 11) is 1.64. The number of methoxy groups -OCH3 is 1. The van der Waals surface area contributed by atoms with E-state index < -0.39 is 5.41 Å². The first kappa shape index (κ1) is 20.4. The molecule has 158 valence electrons. The van der Waals surface area contributed by atoms with Gasteiger partial charge in [0.05, 0.1) is 18.4 Å². The van der Waals surface area contributed by atoms with Crippen LogP contribution in [-0.2, 0) is 15.0 Å². The molecule has 0 spiro atoms. The number of rotatable bonds is 5. The average Bonchev–Trinajstić information content (AvgIpc) is 2.75. The van der Waals surface area contributed by atoms with Crippen molar-refractivity contribution in [2.24, 2.45) is 5.92 Å². The number of amides is 2. The summed E-state index contributed by atoms with van der Waals surface area (Å²) in [6.07, 6.45) is 6.13. The van der Waals surface area contributed by atoms with Crippen LogP contribution in [0.4, 0.5) is 5.82 Å². The first-order valence-corrected chi connectivity index (χ1v) is 10.7. The molecule has 0 radical (unpaired) electrons. The highest BCUT2D eigenvalue weighted by atomic mass is 16.5. The number of pyridine rings is 1. The molecule has 6 nitrogen and oxygen atoms in total. The normalized spacial score (nSPS) is 20.2. The smallest absolute Gasteiger partial charge is 0.233 e. The fourth-order valence-electron chi connectivity index (χ4n) is 4.51. The van der Waals surface area contributed by atoms with Gasteiger partial charge >= 0.3 is 0 Å². The first-order chi connectivity index (χ1) is 14.5. The van der Waals surface area contributed by atoms with Crippen molar-refractivity contribution >= 4 is 17.6 Å². The molecule has 1 aliphatic carbocycles. The van der Waals surface area contributed by atoms with Crippen molar-refractivity contribution in [1.29, 1.82) is 0 Å². The zero-order chi connectivity index (χ0) is 21.1. The second-order valence-corrected chi connectivity index (χ2v) is 8.46. The molecule has 1 aromatic carbocycles. The molecule has 0 bridgehead atoms. The highest BCUT2D eigenvalue weighted by Crippen LogP contribution is 2.46. The Bertz CT molecular complexity index is 904. The van der Waals surface area contributed by atoms with Crippen LogP contribution in [0, 0.1) is 12.8 Å². The number of nitrogens with zero attached hydrogens (tertiary/aromatic N) is 2. The summed E-state index contributed by atoms with van der Waals surface area (Å²) >= 11 is 0. The molecule has 4 rings (SSSR count). The maximum absolute atomic E-state index is 13.6. The molecule has 1 unspecified atom stereocenters. The van der Waals surface area contributed by atoms with E-state index in [-0.39, 0.29) is 17.7 Å². The molecule has 2 fully saturated rings. The third kappa shape index (κ3) is 3.91. The molecular formula is C24H29N3O3. The molecule has 2 aliphatic rings. The minimum atomic E-state index is -0.455. The summed E-state index contributed by atoms with van der Waals surface area (Å²) in [6.45, 7) is 3.14. The van der Waals surface area contributed by atoms with E-state index in [2.05, 4.69) is 10.3 Å². The number of anilines is 1. The highest BCUT2D eigenvalue weighted by Gasteiger charge is 2.48. The van der Waals surface area contributed by atoms with Gasteiger partial charge in [0.1, 0.15) is 11.6 Å². The topological polar surface area (TPSA) is 71.5 Å². The van der Waals surface area contributed by atoms with Crippen molar-refractivity contribution in [1.82, 2.24) is 9.88 Å². The lowest BCUT2D eigenvalue weighted by atomic mass is 9.63. The number of hydrogen-bond acceptors (Lipinski definition) is 4. The highest BCUT2D eigenvalue weighted by molar-refractivity contribution is 5.93. The van der Waals surface area contributed by atoms with E-state index in [1.54, 1.807) is 13.3 Å². The zero-order valence-electron chi connectivity index (χ0n) is 17.7. The van der Waals surface area contributed by atoms with Crippen LogP contribution in [0.5, 0.6) is 5.75 Å². The molecule has 1 N–H and O–H groups in total. The quantitative estimate of drug-likeness (QED) is 0.820. The maximum atomic E-state index is 13.6. The Hall–Kier alpha value is -2.89. The lowest BCUT2D eigenvalue weighted by Crippen LogP contribution is -2.54. The Morgan fingerprint density at radius 1 is 1.13 bits per heavy atom. The van der Waals surface area contributed by atoms with Gasteiger partial charge in [-0.2, -0.15) is 0 Å². The van der Waals surface area contributed by atoms with Gasteiger partial charge in [-0.15, -0.1) is 0 Å². The van der Waals surface area contributed by atoms with Crippen LogP contribution in [0.1, 0.15) is 43.2 Å². The third-order valence-corrected chi connectivity index (χ3v) is 6.50. The van der Waals surface area contributed by atoms with E-state index in [0.717, 1.165) is 49.0 Å². The standard InChI is InChI=1S/C24H29N3O3/c1-17-6-11-21(25-15-17)26-22(28)18-5-3-14-27(16-18)23(29)24(12-4-13-24)19-7-9-20(30-2)10-8-19/h6-11,15,18H,3-5,12-14,16H2,1-2H3,(H,25,26,28). The van der Waals surface area contributed by atoms with Crippen LogP contribution in [0.25, 0.3) is 0 Å². The summed E-state index contributed by atoms with van der Waals surface area (Å²) in [5.41, 5.74) is 1.64. The number of carbonyl (C=O) groups excluding carboxylic acids is 2. The fraction of sp³-hybridized carbons (Fsp3) is 0.458. The van der Waals surface area contributed by atoms with Gasteiger partial charge in [0.2, 0.25) is 11.8 Å². The fourth-order valence-corrected chi connectivity index (χ4v) is 4.51. The largest absolute Gasteiger partial charge is 0.497 e. The summed E-state index contributed by atoms with van der Waals surface area (Å²) in [6, 6.07) is 11.6. The molecule has 1 aliphatic heterocycles. The van der Waals surface area contributed by atoms with Crippen molar-refractivity contribution < 1.29 is 14.3 Å². The Labute approximate surface area is 177 Å². The second-order valence-electron chi connectivity index (χ2n) is 8.46. The second kappa shape index (κ2) is 8.46. The van der Waals surface area contributed by atoms with E-state index in [0.29, 0.717) is 18.9 Å². The molecule has 2 aromatic rings. The lowest BCUT2D eigenvalue weighted by Gasteiger charge is -2.45. The molecule has 1 aromatic heterocycles. The Balaban J connectivity index is 1.45. The maximum Gasteiger partial charge on any atom is 0.233 e. The number of aryl methyl sites for hydroxylation is 1. The van der Waals surface area contributed by atoms with E-state index in [9.17, 15) is 9.59 Å². The van der Waals surface area contributed by atoms with Crippen molar-refractivity contribution in [2.75, 3.05) is 25.5 Å². The lowest BCUT2D eigenvalue weighted by molar-refractivity contribution is -0.143. The molecule has 30 heavy (non-hydrogen) atoms. The molecule has 2 heterocycles. The van der Waals surface area contributed by atoms with E-state index in [4.69, 9.17) is 4.74 Å². The Kier molecular flexibility index (Phi) is 5.75. The number of likely N-dealkylation sites (tertiary alicyclic amines) is 1. The van der Waals surface area contributed by atoms with Crippen LogP contribution < -0.4 is 10.1 Å². The van der Waals surface area contributed by atoms with Crippen molar-refractivity contribution in [3.63, 3.8) is 0 Å². The third-order valence-electron chi connectivity index (χ3n) is 6.50.